The molecule has 0 unspecified atom stereocenters. The molecule has 0 aliphatic carbocycles. The molecule has 0 N–H and O–H groups in total. The van der Waals surface area contributed by atoms with Crippen LogP contribution in [0.2, 0.25) is 5.04 Å². The summed E-state index contributed by atoms with van der Waals surface area (Å²) < 4.78 is 10.7. The molecule has 1 heterocycles. The van der Waals surface area contributed by atoms with Gasteiger partial charge in [-0.3, -0.25) is 9.59 Å². The zero-order valence-corrected chi connectivity index (χ0v) is 16.9. The summed E-state index contributed by atoms with van der Waals surface area (Å²) in [5.41, 5.74) is 0. The second-order valence-electron chi connectivity index (χ2n) is 6.94. The molecule has 0 aromatic carbocycles. The van der Waals surface area contributed by atoms with Crippen molar-refractivity contribution < 1.29 is 18.8 Å². The summed E-state index contributed by atoms with van der Waals surface area (Å²) in [7, 11) is -0.643. The lowest BCUT2D eigenvalue weighted by atomic mass is 9.95. The van der Waals surface area contributed by atoms with Crippen molar-refractivity contribution in [3.8, 4) is 0 Å². The molecular formula is C16H29NO4SSi. The molecule has 0 aromatic rings. The van der Waals surface area contributed by atoms with Crippen molar-refractivity contribution in [3.05, 3.63) is 12.7 Å². The van der Waals surface area contributed by atoms with Crippen LogP contribution < -0.4 is 0 Å². The Kier molecular flexibility index (Phi) is 7.83. The van der Waals surface area contributed by atoms with E-state index in [-0.39, 0.29) is 35.4 Å². The zero-order chi connectivity index (χ0) is 17.6. The highest BCUT2D eigenvalue weighted by Crippen LogP contribution is 2.34. The fourth-order valence-corrected chi connectivity index (χ4v) is 3.74. The first-order valence-electron chi connectivity index (χ1n) is 8.03. The predicted octanol–water partition coefficient (Wildman–Crippen LogP) is 1.77. The van der Waals surface area contributed by atoms with Crippen molar-refractivity contribution in [2.24, 2.45) is 11.8 Å². The van der Waals surface area contributed by atoms with Gasteiger partial charge >= 0.3 is 5.97 Å². The summed E-state index contributed by atoms with van der Waals surface area (Å²) in [5, 5.41) is 0.0208. The number of ether oxygens (including phenoxy) is 1. The first kappa shape index (κ1) is 20.3. The number of β-lactam (4-membered cyclic amide) rings is 1. The van der Waals surface area contributed by atoms with Crippen molar-refractivity contribution in [2.75, 3.05) is 19.8 Å². The highest BCUT2D eigenvalue weighted by Gasteiger charge is 2.45. The number of carbonyl (C=O) groups excluding carboxylic acids is 2. The molecule has 7 heteroatoms. The van der Waals surface area contributed by atoms with Gasteiger partial charge in [-0.15, -0.1) is 0 Å². The van der Waals surface area contributed by atoms with Gasteiger partial charge in [0.25, 0.3) is 0 Å². The average Bonchev–Trinajstić information content (AvgIpc) is 2.49. The highest BCUT2D eigenvalue weighted by molar-refractivity contribution is 7.81. The number of likely N-dealkylation sites (tertiary alicyclic amines) is 1. The summed E-state index contributed by atoms with van der Waals surface area (Å²) in [6.45, 7) is 13.1. The van der Waals surface area contributed by atoms with Gasteiger partial charge in [-0.05, 0) is 17.4 Å². The molecule has 2 atom stereocenters. The molecule has 1 aliphatic heterocycles. The molecule has 132 valence electrons. The van der Waals surface area contributed by atoms with E-state index in [1.54, 1.807) is 0 Å². The van der Waals surface area contributed by atoms with Crippen molar-refractivity contribution in [3.63, 3.8) is 0 Å². The van der Waals surface area contributed by atoms with Crippen molar-refractivity contribution in [1.29, 1.82) is 0 Å². The third-order valence-corrected chi connectivity index (χ3v) is 7.24. The second-order valence-corrected chi connectivity index (χ2v) is 9.99. The maximum atomic E-state index is 12.1. The Bertz CT molecular complexity index is 442. The lowest BCUT2D eigenvalue weighted by molar-refractivity contribution is -0.160. The average molecular weight is 360 g/mol. The fourth-order valence-electron chi connectivity index (χ4n) is 2.10. The molecule has 0 bridgehead atoms. The molecule has 5 nitrogen and oxygen atoms in total. The molecule has 0 aromatic heterocycles. The lowest BCUT2D eigenvalue weighted by Crippen LogP contribution is -2.60. The van der Waals surface area contributed by atoms with E-state index in [0.717, 1.165) is 0 Å². The minimum Gasteiger partial charge on any atom is -0.460 e. The normalized spacial score (nSPS) is 21.8. The number of amides is 1. The van der Waals surface area contributed by atoms with Crippen LogP contribution in [0.4, 0.5) is 0 Å². The SMILES string of the molecule is C=CCOC(=O)CN1C(=O)[C@H](CCO[SiH2]C(C)(C)C(C)C)[C@H]1S. The molecule has 0 radical (unpaired) electrons. The van der Waals surface area contributed by atoms with Crippen molar-refractivity contribution in [2.45, 2.75) is 44.5 Å². The number of rotatable bonds is 10. The molecule has 0 saturated carbocycles. The maximum Gasteiger partial charge on any atom is 0.325 e. The minimum atomic E-state index is -0.643. The quantitative estimate of drug-likeness (QED) is 0.161. The van der Waals surface area contributed by atoms with Gasteiger partial charge in [0.1, 0.15) is 13.2 Å². The van der Waals surface area contributed by atoms with E-state index < -0.39 is 15.7 Å². The van der Waals surface area contributed by atoms with E-state index in [9.17, 15) is 9.59 Å². The molecule has 23 heavy (non-hydrogen) atoms. The van der Waals surface area contributed by atoms with Gasteiger partial charge in [0, 0.05) is 6.61 Å². The Balaban J connectivity index is 2.29. The van der Waals surface area contributed by atoms with Crippen LogP contribution in [0.25, 0.3) is 0 Å². The van der Waals surface area contributed by atoms with Crippen LogP contribution in [0.5, 0.6) is 0 Å². The van der Waals surface area contributed by atoms with Gasteiger partial charge in [0.15, 0.2) is 9.76 Å². The summed E-state index contributed by atoms with van der Waals surface area (Å²) in [5.74, 6) is -0.0528. The standard InChI is InChI=1S/C16H29NO4SSi/c1-6-8-20-13(18)10-17-14(19)12(15(17)22)7-9-21-23-16(4,5)11(2)3/h6,11-12,15,22H,1,7-10,23H2,2-5H3/t12-,15+/m0/s1. The topological polar surface area (TPSA) is 55.8 Å². The van der Waals surface area contributed by atoms with E-state index in [1.807, 2.05) is 0 Å². The van der Waals surface area contributed by atoms with Crippen LogP contribution in [-0.2, 0) is 18.8 Å². The molecule has 1 saturated heterocycles. The van der Waals surface area contributed by atoms with Crippen molar-refractivity contribution >= 4 is 34.3 Å². The van der Waals surface area contributed by atoms with E-state index in [1.165, 1.54) is 11.0 Å². The first-order chi connectivity index (χ1) is 10.7. The summed E-state index contributed by atoms with van der Waals surface area (Å²) >= 11 is 4.42. The van der Waals surface area contributed by atoms with Crippen LogP contribution in [0.15, 0.2) is 12.7 Å². The van der Waals surface area contributed by atoms with E-state index >= 15 is 0 Å². The third-order valence-electron chi connectivity index (χ3n) is 4.55. The Morgan fingerprint density at radius 1 is 1.52 bits per heavy atom. The third kappa shape index (κ3) is 5.65. The number of carbonyl (C=O) groups is 2. The number of thiol groups is 1. The van der Waals surface area contributed by atoms with Gasteiger partial charge in [-0.2, -0.15) is 12.6 Å². The van der Waals surface area contributed by atoms with Gasteiger partial charge in [0.05, 0.1) is 11.3 Å². The van der Waals surface area contributed by atoms with Crippen LogP contribution in [-0.4, -0.2) is 51.7 Å². The van der Waals surface area contributed by atoms with Gasteiger partial charge < -0.3 is 14.1 Å². The first-order valence-corrected chi connectivity index (χ1v) is 9.83. The Morgan fingerprint density at radius 3 is 2.70 bits per heavy atom. The van der Waals surface area contributed by atoms with Crippen LogP contribution in [0.1, 0.15) is 34.1 Å². The Morgan fingerprint density at radius 2 is 2.17 bits per heavy atom. The number of hydrogen-bond acceptors (Lipinski definition) is 5. The molecule has 0 spiro atoms. The zero-order valence-electron chi connectivity index (χ0n) is 14.6. The van der Waals surface area contributed by atoms with E-state index in [2.05, 4.69) is 46.9 Å². The summed E-state index contributed by atoms with van der Waals surface area (Å²) in [4.78, 5) is 25.0. The van der Waals surface area contributed by atoms with Crippen LogP contribution in [0.3, 0.4) is 0 Å². The van der Waals surface area contributed by atoms with E-state index in [4.69, 9.17) is 9.16 Å². The maximum absolute atomic E-state index is 12.1. The van der Waals surface area contributed by atoms with Crippen molar-refractivity contribution in [1.82, 2.24) is 4.90 Å². The number of hydrogen-bond donors (Lipinski definition) is 1. The highest BCUT2D eigenvalue weighted by atomic mass is 32.1. The monoisotopic (exact) mass is 359 g/mol. The Hall–Kier alpha value is -0.793. The molecule has 1 fully saturated rings. The van der Waals surface area contributed by atoms with Gasteiger partial charge in [0.2, 0.25) is 5.91 Å². The van der Waals surface area contributed by atoms with Gasteiger partial charge in [-0.1, -0.05) is 40.3 Å². The second kappa shape index (κ2) is 8.89. The van der Waals surface area contributed by atoms with Crippen LogP contribution in [0, 0.1) is 11.8 Å². The fraction of sp³-hybridized carbons (Fsp3) is 0.750. The van der Waals surface area contributed by atoms with E-state index in [0.29, 0.717) is 18.9 Å². The smallest absolute Gasteiger partial charge is 0.325 e. The lowest BCUT2D eigenvalue weighted by Gasteiger charge is -2.44. The molecule has 1 aliphatic rings. The summed E-state index contributed by atoms with van der Waals surface area (Å²) in [6.07, 6.45) is 2.16. The predicted molar refractivity (Wildman–Crippen MR) is 97.1 cm³/mol. The van der Waals surface area contributed by atoms with Crippen LogP contribution >= 0.6 is 12.6 Å². The number of nitrogens with zero attached hydrogens (tertiary/aromatic N) is 1. The largest absolute Gasteiger partial charge is 0.460 e. The minimum absolute atomic E-state index is 0.0473. The Labute approximate surface area is 147 Å². The molecular weight excluding hydrogens is 330 g/mol. The van der Waals surface area contributed by atoms with Gasteiger partial charge in [-0.25, -0.2) is 0 Å². The summed E-state index contributed by atoms with van der Waals surface area (Å²) in [6, 6.07) is 0. The molecule has 1 amide bonds. The molecule has 1 rings (SSSR count). The number of esters is 1.